The molecule has 2 aromatic rings. The number of carbonyl (C=O) groups is 1. The molecule has 4 nitrogen and oxygen atoms in total. The number of rotatable bonds is 6. The largest absolute Gasteiger partial charge is 0.449 e. The maximum absolute atomic E-state index is 11.5. The first-order chi connectivity index (χ1) is 9.34. The second kappa shape index (κ2) is 7.26. The van der Waals surface area contributed by atoms with E-state index in [1.807, 2.05) is 18.2 Å². The van der Waals surface area contributed by atoms with Crippen molar-refractivity contribution < 1.29 is 9.21 Å². The molecule has 0 unspecified atom stereocenters. The normalized spacial score (nSPS) is 10.1. The first kappa shape index (κ1) is 13.2. The second-order valence-electron chi connectivity index (χ2n) is 4.30. The van der Waals surface area contributed by atoms with E-state index in [1.165, 1.54) is 11.8 Å². The van der Waals surface area contributed by atoms with Crippen molar-refractivity contribution in [2.24, 2.45) is 0 Å². The summed E-state index contributed by atoms with van der Waals surface area (Å²) in [6.07, 6.45) is 4.59. The molecule has 1 aromatic carbocycles. The molecule has 2 rings (SSSR count). The number of hydrogen-bond donors (Lipinski definition) is 2. The zero-order valence-corrected chi connectivity index (χ0v) is 10.8. The van der Waals surface area contributed by atoms with Gasteiger partial charge in [-0.1, -0.05) is 30.3 Å². The fourth-order valence-corrected chi connectivity index (χ4v) is 1.81. The highest BCUT2D eigenvalue weighted by Gasteiger charge is 2.01. The minimum Gasteiger partial charge on any atom is -0.449 e. The maximum Gasteiger partial charge on any atom is 0.321 e. The van der Waals surface area contributed by atoms with Crippen molar-refractivity contribution in [3.05, 3.63) is 54.3 Å². The maximum atomic E-state index is 11.5. The van der Waals surface area contributed by atoms with Gasteiger partial charge in [-0.25, -0.2) is 4.79 Å². The molecule has 0 atom stereocenters. The minimum atomic E-state index is -0.227. The van der Waals surface area contributed by atoms with Crippen LogP contribution in [0.5, 0.6) is 0 Å². The van der Waals surface area contributed by atoms with Crippen molar-refractivity contribution in [3.63, 3.8) is 0 Å². The first-order valence-electron chi connectivity index (χ1n) is 6.47. The standard InChI is InChI=1S/C15H18N2O2/c18-15(17-14-10-6-12-19-14)16-11-5-4-9-13-7-2-1-3-8-13/h1-3,6-8,10,12H,4-5,9,11H2,(H2,16,17,18). The summed E-state index contributed by atoms with van der Waals surface area (Å²) in [5.41, 5.74) is 1.34. The van der Waals surface area contributed by atoms with E-state index in [-0.39, 0.29) is 6.03 Å². The van der Waals surface area contributed by atoms with E-state index in [4.69, 9.17) is 4.42 Å². The molecule has 0 saturated carbocycles. The lowest BCUT2D eigenvalue weighted by molar-refractivity contribution is 0.251. The smallest absolute Gasteiger partial charge is 0.321 e. The zero-order valence-electron chi connectivity index (χ0n) is 10.8. The fourth-order valence-electron chi connectivity index (χ4n) is 1.81. The average molecular weight is 258 g/mol. The molecule has 19 heavy (non-hydrogen) atoms. The number of unbranched alkanes of at least 4 members (excludes halogenated alkanes) is 1. The van der Waals surface area contributed by atoms with Gasteiger partial charge in [0.1, 0.15) is 0 Å². The Kier molecular flexibility index (Phi) is 5.05. The quantitative estimate of drug-likeness (QED) is 0.780. The number of carbonyl (C=O) groups excluding carboxylic acids is 1. The monoisotopic (exact) mass is 258 g/mol. The highest BCUT2D eigenvalue weighted by molar-refractivity contribution is 5.87. The summed E-state index contributed by atoms with van der Waals surface area (Å²) in [6, 6.07) is 13.6. The molecule has 2 N–H and O–H groups in total. The van der Waals surface area contributed by atoms with Gasteiger partial charge in [-0.15, -0.1) is 0 Å². The van der Waals surface area contributed by atoms with Gasteiger partial charge in [0.15, 0.2) is 0 Å². The van der Waals surface area contributed by atoms with Crippen molar-refractivity contribution in [1.82, 2.24) is 5.32 Å². The predicted molar refractivity (Wildman–Crippen MR) is 75.1 cm³/mol. The van der Waals surface area contributed by atoms with E-state index in [9.17, 15) is 4.79 Å². The molecule has 0 aliphatic heterocycles. The molecule has 4 heteroatoms. The summed E-state index contributed by atoms with van der Waals surface area (Å²) in [4.78, 5) is 11.5. The van der Waals surface area contributed by atoms with E-state index in [0.717, 1.165) is 19.3 Å². The molecule has 0 bridgehead atoms. The number of hydrogen-bond acceptors (Lipinski definition) is 2. The van der Waals surface area contributed by atoms with Crippen LogP contribution in [0.4, 0.5) is 10.7 Å². The second-order valence-corrected chi connectivity index (χ2v) is 4.30. The van der Waals surface area contributed by atoms with Crippen LogP contribution in [0.15, 0.2) is 53.1 Å². The fraction of sp³-hybridized carbons (Fsp3) is 0.267. The van der Waals surface area contributed by atoms with E-state index in [0.29, 0.717) is 12.4 Å². The van der Waals surface area contributed by atoms with Gasteiger partial charge in [-0.3, -0.25) is 5.32 Å². The lowest BCUT2D eigenvalue weighted by Gasteiger charge is -2.05. The topological polar surface area (TPSA) is 54.3 Å². The Bertz CT molecular complexity index is 480. The summed E-state index contributed by atoms with van der Waals surface area (Å²) in [7, 11) is 0. The molecule has 0 aliphatic rings. The van der Waals surface area contributed by atoms with Crippen LogP contribution in [-0.2, 0) is 6.42 Å². The van der Waals surface area contributed by atoms with E-state index >= 15 is 0 Å². The molecule has 1 heterocycles. The van der Waals surface area contributed by atoms with Crippen LogP contribution in [0, 0.1) is 0 Å². The van der Waals surface area contributed by atoms with Gasteiger partial charge in [0, 0.05) is 12.6 Å². The summed E-state index contributed by atoms with van der Waals surface area (Å²) < 4.78 is 5.02. The number of aryl methyl sites for hydroxylation is 1. The third-order valence-corrected chi connectivity index (χ3v) is 2.78. The summed E-state index contributed by atoms with van der Waals surface area (Å²) in [5, 5.41) is 5.41. The lowest BCUT2D eigenvalue weighted by Crippen LogP contribution is -2.29. The first-order valence-corrected chi connectivity index (χ1v) is 6.47. The summed E-state index contributed by atoms with van der Waals surface area (Å²) in [5.74, 6) is 0.460. The van der Waals surface area contributed by atoms with Crippen LogP contribution in [0.25, 0.3) is 0 Å². The van der Waals surface area contributed by atoms with Crippen LogP contribution in [0.1, 0.15) is 18.4 Å². The molecule has 0 saturated heterocycles. The van der Waals surface area contributed by atoms with Crippen molar-refractivity contribution in [3.8, 4) is 0 Å². The Labute approximate surface area is 112 Å². The molecule has 0 aliphatic carbocycles. The Morgan fingerprint density at radius 1 is 1.05 bits per heavy atom. The van der Waals surface area contributed by atoms with E-state index < -0.39 is 0 Å². The minimum absolute atomic E-state index is 0.227. The SMILES string of the molecule is O=C(NCCCCc1ccccc1)Nc1ccco1. The number of furan rings is 1. The summed E-state index contributed by atoms with van der Waals surface area (Å²) in [6.45, 7) is 0.666. The van der Waals surface area contributed by atoms with Crippen LogP contribution < -0.4 is 10.6 Å². The van der Waals surface area contributed by atoms with Crippen LogP contribution >= 0.6 is 0 Å². The number of benzene rings is 1. The van der Waals surface area contributed by atoms with Crippen molar-refractivity contribution in [2.45, 2.75) is 19.3 Å². The molecule has 2 amide bonds. The number of amides is 2. The average Bonchev–Trinajstić information content (AvgIpc) is 2.92. The van der Waals surface area contributed by atoms with Crippen LogP contribution in [-0.4, -0.2) is 12.6 Å². The molecule has 100 valence electrons. The third-order valence-electron chi connectivity index (χ3n) is 2.78. The summed E-state index contributed by atoms with van der Waals surface area (Å²) >= 11 is 0. The van der Waals surface area contributed by atoms with Gasteiger partial charge in [0.05, 0.1) is 6.26 Å². The molecule has 0 spiro atoms. The Hall–Kier alpha value is -2.23. The number of urea groups is 1. The highest BCUT2D eigenvalue weighted by atomic mass is 16.3. The van der Waals surface area contributed by atoms with Crippen molar-refractivity contribution in [1.29, 1.82) is 0 Å². The van der Waals surface area contributed by atoms with Gasteiger partial charge in [-0.05, 0) is 30.9 Å². The van der Waals surface area contributed by atoms with E-state index in [1.54, 1.807) is 12.1 Å². The Balaban J connectivity index is 1.56. The van der Waals surface area contributed by atoms with Crippen molar-refractivity contribution in [2.75, 3.05) is 11.9 Å². The van der Waals surface area contributed by atoms with Crippen LogP contribution in [0.2, 0.25) is 0 Å². The van der Waals surface area contributed by atoms with Crippen LogP contribution in [0.3, 0.4) is 0 Å². The Morgan fingerprint density at radius 3 is 2.63 bits per heavy atom. The van der Waals surface area contributed by atoms with Gasteiger partial charge >= 0.3 is 6.03 Å². The van der Waals surface area contributed by atoms with Gasteiger partial charge in [-0.2, -0.15) is 0 Å². The zero-order chi connectivity index (χ0) is 13.3. The lowest BCUT2D eigenvalue weighted by atomic mass is 10.1. The molecule has 0 fully saturated rings. The van der Waals surface area contributed by atoms with Crippen molar-refractivity contribution >= 4 is 11.9 Å². The third kappa shape index (κ3) is 4.87. The molecular formula is C15H18N2O2. The molecule has 1 aromatic heterocycles. The number of anilines is 1. The van der Waals surface area contributed by atoms with E-state index in [2.05, 4.69) is 22.8 Å². The predicted octanol–water partition coefficient (Wildman–Crippen LogP) is 3.42. The van der Waals surface area contributed by atoms with Gasteiger partial charge < -0.3 is 9.73 Å². The van der Waals surface area contributed by atoms with Gasteiger partial charge in [0.25, 0.3) is 0 Å². The molecule has 0 radical (unpaired) electrons. The number of nitrogens with one attached hydrogen (secondary N) is 2. The molecular weight excluding hydrogens is 240 g/mol. The Morgan fingerprint density at radius 2 is 1.89 bits per heavy atom. The van der Waals surface area contributed by atoms with Gasteiger partial charge in [0.2, 0.25) is 5.88 Å². The highest BCUT2D eigenvalue weighted by Crippen LogP contribution is 2.06.